The summed E-state index contributed by atoms with van der Waals surface area (Å²) in [6.45, 7) is 0. The number of benzene rings is 4. The number of nitrogens with one attached hydrogen (secondary N) is 1. The zero-order chi connectivity index (χ0) is 36.1. The van der Waals surface area contributed by atoms with E-state index in [9.17, 15) is 26.4 Å². The third-order valence-corrected chi connectivity index (χ3v) is 11.8. The second kappa shape index (κ2) is 13.5. The van der Waals surface area contributed by atoms with Gasteiger partial charge in [0.1, 0.15) is 5.75 Å². The monoisotopic (exact) mass is 727 g/mol. The SMILES string of the molecule is NC1CC2CCC(C1)N2C(=O)C(NS(=O)(=O)c1ccc2cc(OC3CCCC3)ccc2c1)C(F)(F)c1ccc(-c2ccc(C(F)(F)F)cc2)cc1. The van der Waals surface area contributed by atoms with Gasteiger partial charge in [0.05, 0.1) is 16.6 Å². The van der Waals surface area contributed by atoms with Gasteiger partial charge in [-0.15, -0.1) is 0 Å². The molecule has 2 aliphatic heterocycles. The number of ether oxygens (including phenoxy) is 1. The van der Waals surface area contributed by atoms with E-state index in [1.807, 2.05) is 6.07 Å². The van der Waals surface area contributed by atoms with Crippen molar-refractivity contribution in [1.82, 2.24) is 9.62 Å². The minimum atomic E-state index is -4.67. The van der Waals surface area contributed by atoms with Gasteiger partial charge in [0.15, 0.2) is 6.04 Å². The molecule has 2 heterocycles. The highest BCUT2D eigenvalue weighted by Gasteiger charge is 2.53. The van der Waals surface area contributed by atoms with Crippen LogP contribution >= 0.6 is 0 Å². The fourth-order valence-electron chi connectivity index (χ4n) is 7.77. The number of carbonyl (C=O) groups is 1. The van der Waals surface area contributed by atoms with Crippen molar-refractivity contribution in [2.75, 3.05) is 0 Å². The third-order valence-electron chi connectivity index (χ3n) is 10.4. The van der Waals surface area contributed by atoms with Gasteiger partial charge in [0, 0.05) is 23.7 Å². The second-order valence-electron chi connectivity index (χ2n) is 13.9. The van der Waals surface area contributed by atoms with E-state index in [0.29, 0.717) is 53.3 Å². The second-order valence-corrected chi connectivity index (χ2v) is 15.6. The Labute approximate surface area is 293 Å². The Kier molecular flexibility index (Phi) is 9.34. The van der Waals surface area contributed by atoms with Crippen molar-refractivity contribution < 1.29 is 39.9 Å². The molecule has 3 fully saturated rings. The maximum absolute atomic E-state index is 16.7. The molecule has 1 saturated carbocycles. The van der Waals surface area contributed by atoms with Gasteiger partial charge in [0.2, 0.25) is 15.9 Å². The van der Waals surface area contributed by atoms with Crippen LogP contribution < -0.4 is 15.2 Å². The highest BCUT2D eigenvalue weighted by atomic mass is 32.2. The lowest BCUT2D eigenvalue weighted by molar-refractivity contribution is -0.149. The van der Waals surface area contributed by atoms with Gasteiger partial charge in [0.25, 0.3) is 5.92 Å². The lowest BCUT2D eigenvalue weighted by Gasteiger charge is -2.41. The summed E-state index contributed by atoms with van der Waals surface area (Å²) in [5.74, 6) is -4.40. The molecule has 2 bridgehead atoms. The first-order chi connectivity index (χ1) is 24.2. The van der Waals surface area contributed by atoms with Crippen LogP contribution in [0.25, 0.3) is 21.9 Å². The highest BCUT2D eigenvalue weighted by Crippen LogP contribution is 2.41. The van der Waals surface area contributed by atoms with Crippen LogP contribution in [0.1, 0.15) is 62.5 Å². The molecule has 1 aliphatic carbocycles. The number of nitrogens with two attached hydrogens (primary N) is 1. The zero-order valence-electron chi connectivity index (χ0n) is 27.6. The fraction of sp³-hybridized carbons (Fsp3) is 0.395. The highest BCUT2D eigenvalue weighted by molar-refractivity contribution is 7.89. The van der Waals surface area contributed by atoms with E-state index in [4.69, 9.17) is 10.5 Å². The topological polar surface area (TPSA) is 102 Å². The van der Waals surface area contributed by atoms with Crippen LogP contribution in [0, 0.1) is 0 Å². The molecule has 1 amide bonds. The number of hydrogen-bond donors (Lipinski definition) is 2. The van der Waals surface area contributed by atoms with Crippen molar-refractivity contribution in [2.24, 2.45) is 5.73 Å². The molecule has 0 spiro atoms. The molecule has 3 atom stereocenters. The molecule has 0 radical (unpaired) electrons. The molecule has 7 nitrogen and oxygen atoms in total. The van der Waals surface area contributed by atoms with Gasteiger partial charge >= 0.3 is 6.18 Å². The van der Waals surface area contributed by atoms with E-state index in [1.165, 1.54) is 41.3 Å². The molecular weight excluding hydrogens is 689 g/mol. The minimum Gasteiger partial charge on any atom is -0.490 e. The first-order valence-corrected chi connectivity index (χ1v) is 18.6. The van der Waals surface area contributed by atoms with Gasteiger partial charge in [-0.25, -0.2) is 8.42 Å². The van der Waals surface area contributed by atoms with Crippen LogP contribution in [-0.4, -0.2) is 49.5 Å². The van der Waals surface area contributed by atoms with E-state index < -0.39 is 57.3 Å². The minimum absolute atomic E-state index is 0.134. The molecule has 3 aliphatic rings. The predicted octanol–water partition coefficient (Wildman–Crippen LogP) is 7.77. The van der Waals surface area contributed by atoms with E-state index in [1.54, 1.807) is 18.2 Å². The summed E-state index contributed by atoms with van der Waals surface area (Å²) in [6.07, 6.45) is 1.76. The molecule has 2 saturated heterocycles. The van der Waals surface area contributed by atoms with Crippen LogP contribution in [0.3, 0.4) is 0 Å². The average Bonchev–Trinajstić information content (AvgIpc) is 3.71. The summed E-state index contributed by atoms with van der Waals surface area (Å²) >= 11 is 0. The molecule has 3 unspecified atom stereocenters. The van der Waals surface area contributed by atoms with Crippen molar-refractivity contribution in [3.8, 4) is 16.9 Å². The van der Waals surface area contributed by atoms with Gasteiger partial charge in [-0.2, -0.15) is 26.7 Å². The largest absolute Gasteiger partial charge is 0.490 e. The Morgan fingerprint density at radius 3 is 1.90 bits per heavy atom. The molecule has 7 rings (SSSR count). The molecule has 13 heteroatoms. The number of carbonyl (C=O) groups excluding carboxylic acids is 1. The van der Waals surface area contributed by atoms with Gasteiger partial charge < -0.3 is 15.4 Å². The number of alkyl halides is 5. The maximum Gasteiger partial charge on any atom is 0.416 e. The number of amides is 1. The first kappa shape index (κ1) is 35.3. The molecule has 4 aromatic carbocycles. The normalized spacial score (nSPS) is 22.0. The lowest BCUT2D eigenvalue weighted by atomic mass is 9.94. The molecular formula is C38H38F5N3O4S. The Hall–Kier alpha value is -4.07. The number of fused-ring (bicyclic) bond motifs is 3. The summed E-state index contributed by atoms with van der Waals surface area (Å²) < 4.78 is 108. The van der Waals surface area contributed by atoms with E-state index in [-0.39, 0.29) is 17.0 Å². The first-order valence-electron chi connectivity index (χ1n) is 17.2. The number of halogens is 5. The number of nitrogens with zero attached hydrogens (tertiary/aromatic N) is 1. The Balaban J connectivity index is 1.19. The van der Waals surface area contributed by atoms with Crippen LogP contribution in [0.2, 0.25) is 0 Å². The summed E-state index contributed by atoms with van der Waals surface area (Å²) in [6, 6.07) is 15.1. The van der Waals surface area contributed by atoms with Crippen molar-refractivity contribution in [1.29, 1.82) is 0 Å². The van der Waals surface area contributed by atoms with Crippen LogP contribution in [0.15, 0.2) is 89.8 Å². The van der Waals surface area contributed by atoms with Crippen LogP contribution in [0.5, 0.6) is 5.75 Å². The lowest BCUT2D eigenvalue weighted by Crippen LogP contribution is -2.60. The Morgan fingerprint density at radius 2 is 1.31 bits per heavy atom. The van der Waals surface area contributed by atoms with Crippen molar-refractivity contribution >= 4 is 26.7 Å². The Bertz CT molecular complexity index is 2000. The summed E-state index contributed by atoms with van der Waals surface area (Å²) in [5.41, 5.74) is 5.42. The van der Waals surface area contributed by atoms with Gasteiger partial charge in [-0.3, -0.25) is 4.79 Å². The van der Waals surface area contributed by atoms with Gasteiger partial charge in [-0.1, -0.05) is 48.5 Å². The molecule has 51 heavy (non-hydrogen) atoms. The standard InChI is InChI=1S/C38H38F5N3O4S/c39-37(40,27-11-5-23(6-12-27)24-7-13-28(14-8-24)38(41,42)43)35(36(47)46-30-15-16-31(46)22-29(44)21-30)45-51(48,49)34-18-10-25-19-33(17-9-26(25)20-34)50-32-3-1-2-4-32/h5-14,17-20,29-32,35,45H,1-4,15-16,21-22,44H2. The number of piperidine rings is 1. The maximum atomic E-state index is 16.7. The molecule has 3 N–H and O–H groups in total. The molecule has 270 valence electrons. The number of rotatable bonds is 9. The number of sulfonamides is 1. The quantitative estimate of drug-likeness (QED) is 0.172. The van der Waals surface area contributed by atoms with Crippen molar-refractivity contribution in [2.45, 2.75) is 98.6 Å². The summed E-state index contributed by atoms with van der Waals surface area (Å²) in [4.78, 5) is 15.3. The molecule has 0 aromatic heterocycles. The predicted molar refractivity (Wildman–Crippen MR) is 183 cm³/mol. The van der Waals surface area contributed by atoms with Crippen LogP contribution in [-0.2, 0) is 26.9 Å². The van der Waals surface area contributed by atoms with E-state index >= 15 is 8.78 Å². The fourth-order valence-corrected chi connectivity index (χ4v) is 9.00. The van der Waals surface area contributed by atoms with Gasteiger partial charge in [-0.05, 0) is 110 Å². The van der Waals surface area contributed by atoms with Crippen molar-refractivity contribution in [3.05, 3.63) is 96.1 Å². The summed E-state index contributed by atoms with van der Waals surface area (Å²) in [7, 11) is -4.67. The van der Waals surface area contributed by atoms with Crippen LogP contribution in [0.4, 0.5) is 22.0 Å². The van der Waals surface area contributed by atoms with E-state index in [0.717, 1.165) is 49.9 Å². The molecule has 4 aromatic rings. The zero-order valence-corrected chi connectivity index (χ0v) is 28.4. The Morgan fingerprint density at radius 1 is 0.765 bits per heavy atom. The average molecular weight is 728 g/mol. The van der Waals surface area contributed by atoms with Crippen molar-refractivity contribution in [3.63, 3.8) is 0 Å². The smallest absolute Gasteiger partial charge is 0.416 e. The van der Waals surface area contributed by atoms with E-state index in [2.05, 4.69) is 4.72 Å². The number of hydrogen-bond acceptors (Lipinski definition) is 5. The third kappa shape index (κ3) is 7.20. The summed E-state index contributed by atoms with van der Waals surface area (Å²) in [5, 5.41) is 1.25.